The van der Waals surface area contributed by atoms with E-state index in [9.17, 15) is 9.59 Å². The lowest BCUT2D eigenvalue weighted by atomic mass is 10.0. The molecule has 1 aromatic carbocycles. The molecule has 5 nitrogen and oxygen atoms in total. The van der Waals surface area contributed by atoms with E-state index >= 15 is 0 Å². The molecular weight excluding hydrogens is 316 g/mol. The molecule has 0 spiro atoms. The van der Waals surface area contributed by atoms with Crippen LogP contribution < -0.4 is 5.56 Å². The van der Waals surface area contributed by atoms with Gasteiger partial charge in [-0.3, -0.25) is 14.0 Å². The first-order chi connectivity index (χ1) is 11.9. The van der Waals surface area contributed by atoms with Gasteiger partial charge in [0.2, 0.25) is 0 Å². The fourth-order valence-corrected chi connectivity index (χ4v) is 2.62. The van der Waals surface area contributed by atoms with Crippen LogP contribution >= 0.6 is 0 Å². The predicted octanol–water partition coefficient (Wildman–Crippen LogP) is 2.91. The largest absolute Gasteiger partial charge is 0.459 e. The van der Waals surface area contributed by atoms with Gasteiger partial charge in [0.05, 0.1) is 12.1 Å². The van der Waals surface area contributed by atoms with Crippen LogP contribution in [-0.2, 0) is 22.6 Å². The third-order valence-electron chi connectivity index (χ3n) is 4.16. The predicted molar refractivity (Wildman–Crippen MR) is 95.6 cm³/mol. The van der Waals surface area contributed by atoms with Gasteiger partial charge in [0, 0.05) is 12.3 Å². The number of carbonyl (C=O) groups is 1. The maximum Gasteiger partial charge on any atom is 0.310 e. The van der Waals surface area contributed by atoms with Crippen LogP contribution in [0.5, 0.6) is 0 Å². The minimum atomic E-state index is -0.339. The molecule has 2 aromatic heterocycles. The van der Waals surface area contributed by atoms with E-state index in [0.717, 1.165) is 16.7 Å². The average Bonchev–Trinajstić information content (AvgIpc) is 2.57. The lowest BCUT2D eigenvalue weighted by Gasteiger charge is -2.08. The van der Waals surface area contributed by atoms with Crippen molar-refractivity contribution in [1.82, 2.24) is 9.38 Å². The number of esters is 1. The molecule has 0 fully saturated rings. The Morgan fingerprint density at radius 1 is 1.08 bits per heavy atom. The first kappa shape index (κ1) is 16.9. The number of rotatable bonds is 4. The van der Waals surface area contributed by atoms with Gasteiger partial charge in [-0.2, -0.15) is 0 Å². The van der Waals surface area contributed by atoms with Crippen molar-refractivity contribution in [1.29, 1.82) is 0 Å². The normalized spacial score (nSPS) is 10.8. The molecule has 0 atom stereocenters. The highest BCUT2D eigenvalue weighted by Gasteiger charge is 2.08. The van der Waals surface area contributed by atoms with E-state index in [-0.39, 0.29) is 24.6 Å². The zero-order chi connectivity index (χ0) is 18.0. The van der Waals surface area contributed by atoms with Crippen LogP contribution in [0.2, 0.25) is 0 Å². The molecule has 0 N–H and O–H groups in total. The van der Waals surface area contributed by atoms with Crippen molar-refractivity contribution >= 4 is 11.6 Å². The monoisotopic (exact) mass is 336 g/mol. The van der Waals surface area contributed by atoms with Gasteiger partial charge >= 0.3 is 5.97 Å². The Morgan fingerprint density at radius 2 is 1.88 bits per heavy atom. The van der Waals surface area contributed by atoms with Crippen LogP contribution in [-0.4, -0.2) is 15.4 Å². The highest BCUT2D eigenvalue weighted by Crippen LogP contribution is 2.11. The Kier molecular flexibility index (Phi) is 4.65. The second kappa shape index (κ2) is 6.89. The second-order valence-electron chi connectivity index (χ2n) is 6.28. The minimum absolute atomic E-state index is 0.0106. The quantitative estimate of drug-likeness (QED) is 0.687. The van der Waals surface area contributed by atoms with Gasteiger partial charge < -0.3 is 4.74 Å². The number of aromatic nitrogens is 2. The van der Waals surface area contributed by atoms with Crippen LogP contribution in [0.15, 0.2) is 47.4 Å². The van der Waals surface area contributed by atoms with Gasteiger partial charge in [-0.25, -0.2) is 4.98 Å². The number of nitrogens with zero attached hydrogens (tertiary/aromatic N) is 2. The maximum absolute atomic E-state index is 12.1. The minimum Gasteiger partial charge on any atom is -0.459 e. The number of pyridine rings is 1. The van der Waals surface area contributed by atoms with Crippen molar-refractivity contribution in [3.05, 3.63) is 80.9 Å². The summed E-state index contributed by atoms with van der Waals surface area (Å²) in [5, 5.41) is 0. The van der Waals surface area contributed by atoms with Crippen molar-refractivity contribution < 1.29 is 9.53 Å². The SMILES string of the molecule is Cc1ccc2nc(COC(=O)Cc3ccc(C)c(C)c3)cc(=O)n2c1. The Labute approximate surface area is 145 Å². The summed E-state index contributed by atoms with van der Waals surface area (Å²) in [7, 11) is 0. The number of benzene rings is 1. The number of fused-ring (bicyclic) bond motifs is 1. The van der Waals surface area contributed by atoms with E-state index in [1.54, 1.807) is 12.3 Å². The van der Waals surface area contributed by atoms with Crippen LogP contribution in [0.25, 0.3) is 5.65 Å². The van der Waals surface area contributed by atoms with E-state index in [1.165, 1.54) is 16.0 Å². The van der Waals surface area contributed by atoms with Gasteiger partial charge in [0.25, 0.3) is 5.56 Å². The Balaban J connectivity index is 1.69. The smallest absolute Gasteiger partial charge is 0.310 e. The summed E-state index contributed by atoms with van der Waals surface area (Å²) in [6, 6.07) is 11.0. The molecule has 128 valence electrons. The molecule has 5 heteroatoms. The molecule has 0 aliphatic heterocycles. The third kappa shape index (κ3) is 3.94. The first-order valence-corrected chi connectivity index (χ1v) is 8.13. The zero-order valence-electron chi connectivity index (χ0n) is 14.6. The summed E-state index contributed by atoms with van der Waals surface area (Å²) in [6.07, 6.45) is 1.94. The highest BCUT2D eigenvalue weighted by molar-refractivity contribution is 5.72. The topological polar surface area (TPSA) is 60.7 Å². The van der Waals surface area contributed by atoms with Crippen LogP contribution in [0.1, 0.15) is 27.9 Å². The number of hydrogen-bond acceptors (Lipinski definition) is 4. The van der Waals surface area contributed by atoms with Crippen molar-refractivity contribution in [2.45, 2.75) is 33.8 Å². The lowest BCUT2D eigenvalue weighted by molar-refractivity contribution is -0.144. The average molecular weight is 336 g/mol. The zero-order valence-corrected chi connectivity index (χ0v) is 14.6. The molecule has 0 bridgehead atoms. The van der Waals surface area contributed by atoms with Crippen LogP contribution in [0.3, 0.4) is 0 Å². The van der Waals surface area contributed by atoms with Crippen molar-refractivity contribution in [3.8, 4) is 0 Å². The summed E-state index contributed by atoms with van der Waals surface area (Å²) >= 11 is 0. The van der Waals surface area contributed by atoms with Crippen molar-refractivity contribution in [3.63, 3.8) is 0 Å². The Morgan fingerprint density at radius 3 is 2.64 bits per heavy atom. The van der Waals surface area contributed by atoms with Crippen LogP contribution in [0, 0.1) is 20.8 Å². The Bertz CT molecular complexity index is 1010. The molecule has 0 aliphatic carbocycles. The third-order valence-corrected chi connectivity index (χ3v) is 4.16. The fourth-order valence-electron chi connectivity index (χ4n) is 2.62. The number of hydrogen-bond donors (Lipinski definition) is 0. The van der Waals surface area contributed by atoms with Gasteiger partial charge in [-0.1, -0.05) is 24.3 Å². The van der Waals surface area contributed by atoms with E-state index < -0.39 is 0 Å². The number of aryl methyl sites for hydroxylation is 3. The number of carbonyl (C=O) groups excluding carboxylic acids is 1. The summed E-state index contributed by atoms with van der Waals surface area (Å²) < 4.78 is 6.76. The molecule has 0 unspecified atom stereocenters. The highest BCUT2D eigenvalue weighted by atomic mass is 16.5. The molecule has 3 rings (SSSR count). The standard InChI is InChI=1S/C20H20N2O3/c1-13-4-7-18-21-17(10-19(23)22(18)11-13)12-25-20(24)9-16-6-5-14(2)15(3)8-16/h4-8,10-11H,9,12H2,1-3H3. The fraction of sp³-hybridized carbons (Fsp3) is 0.250. The lowest BCUT2D eigenvalue weighted by Crippen LogP contribution is -2.17. The molecule has 0 saturated heterocycles. The molecule has 25 heavy (non-hydrogen) atoms. The molecule has 0 saturated carbocycles. The van der Waals surface area contributed by atoms with Gasteiger partial charge in [0.1, 0.15) is 12.3 Å². The van der Waals surface area contributed by atoms with Crippen LogP contribution in [0.4, 0.5) is 0 Å². The van der Waals surface area contributed by atoms with E-state index in [0.29, 0.717) is 11.3 Å². The summed E-state index contributed by atoms with van der Waals surface area (Å²) in [4.78, 5) is 28.5. The first-order valence-electron chi connectivity index (χ1n) is 8.13. The molecule has 0 aliphatic rings. The molecule has 3 aromatic rings. The summed E-state index contributed by atoms with van der Waals surface area (Å²) in [5.74, 6) is -0.339. The summed E-state index contributed by atoms with van der Waals surface area (Å²) in [6.45, 7) is 5.94. The van der Waals surface area contributed by atoms with Crippen molar-refractivity contribution in [2.24, 2.45) is 0 Å². The molecule has 2 heterocycles. The van der Waals surface area contributed by atoms with E-state index in [2.05, 4.69) is 4.98 Å². The van der Waals surface area contributed by atoms with E-state index in [4.69, 9.17) is 4.74 Å². The molecular formula is C20H20N2O3. The maximum atomic E-state index is 12.1. The molecule has 0 radical (unpaired) electrons. The second-order valence-corrected chi connectivity index (χ2v) is 6.28. The summed E-state index contributed by atoms with van der Waals surface area (Å²) in [5.41, 5.74) is 5.02. The van der Waals surface area contributed by atoms with Gasteiger partial charge in [-0.15, -0.1) is 0 Å². The molecule has 0 amide bonds. The van der Waals surface area contributed by atoms with Crippen molar-refractivity contribution in [2.75, 3.05) is 0 Å². The van der Waals surface area contributed by atoms with E-state index in [1.807, 2.05) is 45.0 Å². The van der Waals surface area contributed by atoms with Gasteiger partial charge in [-0.05, 0) is 49.1 Å². The Hall–Kier alpha value is -2.95. The number of ether oxygens (including phenoxy) is 1. The van der Waals surface area contributed by atoms with Gasteiger partial charge in [0.15, 0.2) is 0 Å².